The fourth-order valence-corrected chi connectivity index (χ4v) is 3.11. The Hall–Kier alpha value is -0.610. The molecule has 1 aliphatic rings. The molecule has 0 unspecified atom stereocenters. The first-order valence-electron chi connectivity index (χ1n) is 6.31. The molecule has 0 spiro atoms. The minimum Gasteiger partial charge on any atom is -0.320 e. The van der Waals surface area contributed by atoms with Crippen LogP contribution >= 0.6 is 0 Å². The Morgan fingerprint density at radius 2 is 2.11 bits per heavy atom. The van der Waals surface area contributed by atoms with Gasteiger partial charge in [-0.25, -0.2) is 0 Å². The van der Waals surface area contributed by atoms with Crippen LogP contribution in [0.25, 0.3) is 0 Å². The molecule has 0 bridgehead atoms. The molecule has 0 amide bonds. The molecule has 1 rings (SSSR count). The van der Waals surface area contributed by atoms with Crippen LogP contribution in [-0.4, -0.2) is 57.3 Å². The van der Waals surface area contributed by atoms with E-state index in [4.69, 9.17) is 6.42 Å². The van der Waals surface area contributed by atoms with E-state index < -0.39 is 10.2 Å². The molecule has 6 heteroatoms. The summed E-state index contributed by atoms with van der Waals surface area (Å²) in [4.78, 5) is 0. The van der Waals surface area contributed by atoms with Gasteiger partial charge in [-0.15, -0.1) is 6.42 Å². The van der Waals surface area contributed by atoms with Gasteiger partial charge in [0.2, 0.25) is 0 Å². The van der Waals surface area contributed by atoms with Gasteiger partial charge in [-0.2, -0.15) is 17.0 Å². The fourth-order valence-electron chi connectivity index (χ4n) is 1.72. The summed E-state index contributed by atoms with van der Waals surface area (Å²) in [6.07, 6.45) is 8.27. The first kappa shape index (κ1) is 15.4. The number of rotatable bonds is 9. The molecule has 0 aromatic heterocycles. The molecule has 0 aromatic carbocycles. The highest BCUT2D eigenvalue weighted by Gasteiger charge is 2.32. The molecule has 0 aromatic rings. The van der Waals surface area contributed by atoms with Crippen molar-refractivity contribution in [2.24, 2.45) is 5.92 Å². The minimum absolute atomic E-state index is 0.162. The summed E-state index contributed by atoms with van der Waals surface area (Å²) >= 11 is 0. The molecule has 1 aliphatic carbocycles. The molecule has 1 fully saturated rings. The molecule has 1 saturated carbocycles. The molecule has 18 heavy (non-hydrogen) atoms. The zero-order valence-corrected chi connectivity index (χ0v) is 12.0. The number of nitrogens with zero attached hydrogens (tertiary/aromatic N) is 2. The second kappa shape index (κ2) is 7.10. The lowest BCUT2D eigenvalue weighted by Gasteiger charge is -2.26. The summed E-state index contributed by atoms with van der Waals surface area (Å²) in [6.45, 7) is 2.03. The van der Waals surface area contributed by atoms with Crippen molar-refractivity contribution in [1.82, 2.24) is 13.9 Å². The number of nitrogens with one attached hydrogen (secondary N) is 1. The average molecular weight is 273 g/mol. The fraction of sp³-hybridized carbons (Fsp3) is 0.833. The van der Waals surface area contributed by atoms with Gasteiger partial charge >= 0.3 is 0 Å². The average Bonchev–Trinajstić information content (AvgIpc) is 3.12. The molecule has 1 N–H and O–H groups in total. The van der Waals surface area contributed by atoms with Crippen LogP contribution in [0, 0.1) is 18.3 Å². The van der Waals surface area contributed by atoms with Gasteiger partial charge < -0.3 is 5.32 Å². The van der Waals surface area contributed by atoms with Gasteiger partial charge in [-0.05, 0) is 38.8 Å². The summed E-state index contributed by atoms with van der Waals surface area (Å²) < 4.78 is 27.4. The summed E-state index contributed by atoms with van der Waals surface area (Å²) in [5.74, 6) is 2.94. The van der Waals surface area contributed by atoms with Crippen molar-refractivity contribution < 1.29 is 8.42 Å². The monoisotopic (exact) mass is 273 g/mol. The molecule has 0 aliphatic heterocycles. The molecule has 0 heterocycles. The molecule has 0 atom stereocenters. The standard InChI is InChI=1S/C12H23N3O2S/c1-4-9-15(11-12-6-7-12)18(16,17)14(3)10-5-8-13-2/h1,12-13H,5-11H2,2-3H3. The van der Waals surface area contributed by atoms with E-state index in [0.717, 1.165) is 25.8 Å². The Morgan fingerprint density at radius 3 is 2.61 bits per heavy atom. The Labute approximate surface area is 111 Å². The minimum atomic E-state index is -3.40. The second-order valence-corrected chi connectivity index (χ2v) is 6.76. The van der Waals surface area contributed by atoms with Crippen molar-refractivity contribution in [2.45, 2.75) is 19.3 Å². The Morgan fingerprint density at radius 1 is 1.44 bits per heavy atom. The highest BCUT2D eigenvalue weighted by atomic mass is 32.2. The van der Waals surface area contributed by atoms with Gasteiger partial charge in [0.05, 0.1) is 6.54 Å². The molecular weight excluding hydrogens is 250 g/mol. The molecular formula is C12H23N3O2S. The molecule has 104 valence electrons. The zero-order chi connectivity index (χ0) is 13.6. The smallest absolute Gasteiger partial charge is 0.282 e. The second-order valence-electron chi connectivity index (χ2n) is 4.73. The third-order valence-corrected chi connectivity index (χ3v) is 4.95. The Bertz CT molecular complexity index is 385. The van der Waals surface area contributed by atoms with Crippen LogP contribution in [0.5, 0.6) is 0 Å². The van der Waals surface area contributed by atoms with Crippen molar-refractivity contribution in [3.63, 3.8) is 0 Å². The maximum absolute atomic E-state index is 12.3. The van der Waals surface area contributed by atoms with Crippen molar-refractivity contribution in [1.29, 1.82) is 0 Å². The van der Waals surface area contributed by atoms with Gasteiger partial charge in [0.15, 0.2) is 0 Å². The Kier molecular flexibility index (Phi) is 6.09. The van der Waals surface area contributed by atoms with Gasteiger partial charge in [0.25, 0.3) is 10.2 Å². The summed E-state index contributed by atoms with van der Waals surface area (Å²) in [7, 11) is 0.0636. The van der Waals surface area contributed by atoms with Crippen molar-refractivity contribution in [3.05, 3.63) is 0 Å². The molecule has 5 nitrogen and oxygen atoms in total. The SMILES string of the molecule is C#CCN(CC1CC1)S(=O)(=O)N(C)CCCNC. The van der Waals surface area contributed by atoms with Crippen LogP contribution in [0.15, 0.2) is 0 Å². The summed E-state index contributed by atoms with van der Waals surface area (Å²) in [5.41, 5.74) is 0. The van der Waals surface area contributed by atoms with E-state index in [1.54, 1.807) is 7.05 Å². The van der Waals surface area contributed by atoms with E-state index in [-0.39, 0.29) is 6.54 Å². The van der Waals surface area contributed by atoms with Gasteiger partial charge in [-0.1, -0.05) is 5.92 Å². The van der Waals surface area contributed by atoms with E-state index in [0.29, 0.717) is 19.0 Å². The number of terminal acetylenes is 1. The van der Waals surface area contributed by atoms with Gasteiger partial charge in [0, 0.05) is 20.1 Å². The van der Waals surface area contributed by atoms with E-state index in [2.05, 4.69) is 11.2 Å². The first-order valence-corrected chi connectivity index (χ1v) is 7.71. The van der Waals surface area contributed by atoms with Crippen LogP contribution in [0.3, 0.4) is 0 Å². The molecule has 0 radical (unpaired) electrons. The zero-order valence-electron chi connectivity index (χ0n) is 11.2. The van der Waals surface area contributed by atoms with Crippen molar-refractivity contribution in [3.8, 4) is 12.3 Å². The van der Waals surface area contributed by atoms with Crippen LogP contribution in [0.2, 0.25) is 0 Å². The predicted molar refractivity (Wildman–Crippen MR) is 73.2 cm³/mol. The number of hydrogen-bond donors (Lipinski definition) is 1. The highest BCUT2D eigenvalue weighted by Crippen LogP contribution is 2.30. The normalized spacial score (nSPS) is 16.2. The highest BCUT2D eigenvalue weighted by molar-refractivity contribution is 7.86. The van der Waals surface area contributed by atoms with Gasteiger partial charge in [0.1, 0.15) is 0 Å². The van der Waals surface area contributed by atoms with Crippen LogP contribution in [0.1, 0.15) is 19.3 Å². The van der Waals surface area contributed by atoms with Crippen molar-refractivity contribution >= 4 is 10.2 Å². The first-order chi connectivity index (χ1) is 8.52. The lowest BCUT2D eigenvalue weighted by atomic mass is 10.4. The van der Waals surface area contributed by atoms with E-state index >= 15 is 0 Å². The third kappa shape index (κ3) is 4.58. The summed E-state index contributed by atoms with van der Waals surface area (Å²) in [6, 6.07) is 0. The Balaban J connectivity index is 2.58. The maximum atomic E-state index is 12.3. The third-order valence-electron chi connectivity index (χ3n) is 3.05. The topological polar surface area (TPSA) is 52.7 Å². The van der Waals surface area contributed by atoms with E-state index in [9.17, 15) is 8.42 Å². The van der Waals surface area contributed by atoms with Crippen LogP contribution in [-0.2, 0) is 10.2 Å². The van der Waals surface area contributed by atoms with E-state index in [1.165, 1.54) is 8.61 Å². The quantitative estimate of drug-likeness (QED) is 0.479. The largest absolute Gasteiger partial charge is 0.320 e. The lowest BCUT2D eigenvalue weighted by Crippen LogP contribution is -2.43. The van der Waals surface area contributed by atoms with Crippen LogP contribution in [0.4, 0.5) is 0 Å². The van der Waals surface area contributed by atoms with Crippen molar-refractivity contribution in [2.75, 3.05) is 40.3 Å². The lowest BCUT2D eigenvalue weighted by molar-refractivity contribution is 0.367. The maximum Gasteiger partial charge on any atom is 0.282 e. The van der Waals surface area contributed by atoms with Crippen LogP contribution < -0.4 is 5.32 Å². The predicted octanol–water partition coefficient (Wildman–Crippen LogP) is 0.118. The van der Waals surface area contributed by atoms with Gasteiger partial charge in [-0.3, -0.25) is 0 Å². The van der Waals surface area contributed by atoms with E-state index in [1.807, 2.05) is 7.05 Å². The summed E-state index contributed by atoms with van der Waals surface area (Å²) in [5, 5.41) is 3.00. The number of hydrogen-bond acceptors (Lipinski definition) is 3. The molecule has 0 saturated heterocycles.